The van der Waals surface area contributed by atoms with Crippen molar-refractivity contribution in [2.24, 2.45) is 0 Å². The fraction of sp³-hybridized carbons (Fsp3) is 0.333. The average Bonchev–Trinajstić information content (AvgIpc) is 2.82. The van der Waals surface area contributed by atoms with Crippen LogP contribution in [0, 0.1) is 6.92 Å². The molecular weight excluding hydrogens is 210 g/mol. The lowest BCUT2D eigenvalue weighted by Gasteiger charge is -2.19. The van der Waals surface area contributed by atoms with Crippen molar-refractivity contribution in [1.29, 1.82) is 0 Å². The number of furan rings is 1. The molecule has 2 aromatic rings. The first-order valence-electron chi connectivity index (χ1n) is 6.03. The minimum atomic E-state index is 0.223. The van der Waals surface area contributed by atoms with E-state index < -0.39 is 0 Å². The van der Waals surface area contributed by atoms with Crippen molar-refractivity contribution < 1.29 is 4.42 Å². The van der Waals surface area contributed by atoms with E-state index in [1.165, 1.54) is 11.1 Å². The van der Waals surface area contributed by atoms with E-state index in [0.29, 0.717) is 6.04 Å². The number of hydrogen-bond acceptors (Lipinski definition) is 2. The van der Waals surface area contributed by atoms with Gasteiger partial charge in [0.05, 0.1) is 12.3 Å². The van der Waals surface area contributed by atoms with E-state index in [1.54, 1.807) is 6.26 Å². The standard InChI is InChI=1S/C15H19NO/c1-11-6-4-7-14(10-11)12(2)16-13(3)15-8-5-9-17-15/h4-10,12-13,16H,1-3H3/t12?,13-/m0/s1. The topological polar surface area (TPSA) is 25.2 Å². The Hall–Kier alpha value is -1.54. The molecule has 0 aliphatic carbocycles. The molecule has 1 aromatic heterocycles. The quantitative estimate of drug-likeness (QED) is 0.857. The Morgan fingerprint density at radius 2 is 1.88 bits per heavy atom. The molecule has 0 saturated heterocycles. The van der Waals surface area contributed by atoms with Crippen LogP contribution in [0.3, 0.4) is 0 Å². The summed E-state index contributed by atoms with van der Waals surface area (Å²) in [5.41, 5.74) is 2.60. The van der Waals surface area contributed by atoms with Gasteiger partial charge < -0.3 is 9.73 Å². The summed E-state index contributed by atoms with van der Waals surface area (Å²) >= 11 is 0. The SMILES string of the molecule is Cc1cccc(C(C)N[C@@H](C)c2ccco2)c1. The summed E-state index contributed by atoms with van der Waals surface area (Å²) in [7, 11) is 0. The van der Waals surface area contributed by atoms with Crippen molar-refractivity contribution in [3.05, 3.63) is 59.5 Å². The lowest BCUT2D eigenvalue weighted by molar-refractivity contribution is 0.403. The second-order valence-electron chi connectivity index (χ2n) is 4.54. The number of nitrogens with one attached hydrogen (secondary N) is 1. The van der Waals surface area contributed by atoms with E-state index in [4.69, 9.17) is 4.42 Å². The van der Waals surface area contributed by atoms with Crippen LogP contribution in [0.1, 0.15) is 42.8 Å². The second kappa shape index (κ2) is 5.19. The Balaban J connectivity index is 2.04. The number of hydrogen-bond donors (Lipinski definition) is 1. The van der Waals surface area contributed by atoms with Gasteiger partial charge in [0.15, 0.2) is 0 Å². The minimum Gasteiger partial charge on any atom is -0.468 e. The van der Waals surface area contributed by atoms with Crippen LogP contribution >= 0.6 is 0 Å². The Morgan fingerprint density at radius 1 is 1.06 bits per heavy atom. The molecule has 2 nitrogen and oxygen atoms in total. The van der Waals surface area contributed by atoms with Gasteiger partial charge in [-0.3, -0.25) is 0 Å². The van der Waals surface area contributed by atoms with Crippen molar-refractivity contribution in [2.75, 3.05) is 0 Å². The molecule has 1 heterocycles. The lowest BCUT2D eigenvalue weighted by atomic mass is 10.0. The Bertz CT molecular complexity index is 462. The van der Waals surface area contributed by atoms with Crippen LogP contribution in [-0.2, 0) is 0 Å². The number of rotatable bonds is 4. The van der Waals surface area contributed by atoms with Crippen molar-refractivity contribution in [3.8, 4) is 0 Å². The van der Waals surface area contributed by atoms with Gasteiger partial charge in [-0.1, -0.05) is 29.8 Å². The molecule has 1 aromatic carbocycles. The van der Waals surface area contributed by atoms with Crippen LogP contribution in [0.15, 0.2) is 47.1 Å². The molecule has 1 N–H and O–H groups in total. The molecule has 0 saturated carbocycles. The molecule has 0 bridgehead atoms. The number of benzene rings is 1. The third-order valence-corrected chi connectivity index (χ3v) is 3.01. The molecule has 90 valence electrons. The molecule has 0 fully saturated rings. The van der Waals surface area contributed by atoms with Gasteiger partial charge >= 0.3 is 0 Å². The summed E-state index contributed by atoms with van der Waals surface area (Å²) < 4.78 is 5.39. The highest BCUT2D eigenvalue weighted by Gasteiger charge is 2.12. The van der Waals surface area contributed by atoms with Gasteiger partial charge in [-0.25, -0.2) is 0 Å². The highest BCUT2D eigenvalue weighted by molar-refractivity contribution is 5.24. The average molecular weight is 229 g/mol. The van der Waals surface area contributed by atoms with E-state index in [1.807, 2.05) is 12.1 Å². The van der Waals surface area contributed by atoms with Crippen molar-refractivity contribution >= 4 is 0 Å². The van der Waals surface area contributed by atoms with Gasteiger partial charge in [0.25, 0.3) is 0 Å². The van der Waals surface area contributed by atoms with Crippen molar-refractivity contribution in [2.45, 2.75) is 32.9 Å². The van der Waals surface area contributed by atoms with Crippen LogP contribution in [-0.4, -0.2) is 0 Å². The second-order valence-corrected chi connectivity index (χ2v) is 4.54. The molecule has 17 heavy (non-hydrogen) atoms. The van der Waals surface area contributed by atoms with Gasteiger partial charge in [-0.15, -0.1) is 0 Å². The molecule has 0 aliphatic rings. The molecule has 2 rings (SSSR count). The number of aryl methyl sites for hydroxylation is 1. The third kappa shape index (κ3) is 2.98. The normalized spacial score (nSPS) is 14.5. The first-order valence-corrected chi connectivity index (χ1v) is 6.03. The third-order valence-electron chi connectivity index (χ3n) is 3.01. The summed E-state index contributed by atoms with van der Waals surface area (Å²) in [5, 5.41) is 3.53. The Kier molecular flexibility index (Phi) is 3.64. The van der Waals surface area contributed by atoms with Crippen molar-refractivity contribution in [1.82, 2.24) is 5.32 Å². The molecule has 0 spiro atoms. The van der Waals surface area contributed by atoms with E-state index in [0.717, 1.165) is 5.76 Å². The van der Waals surface area contributed by atoms with E-state index in [-0.39, 0.29) is 6.04 Å². The molecule has 0 aliphatic heterocycles. The van der Waals surface area contributed by atoms with Gasteiger partial charge in [-0.05, 0) is 38.5 Å². The van der Waals surface area contributed by atoms with Crippen LogP contribution in [0.4, 0.5) is 0 Å². The van der Waals surface area contributed by atoms with E-state index in [9.17, 15) is 0 Å². The maximum absolute atomic E-state index is 5.39. The monoisotopic (exact) mass is 229 g/mol. The molecular formula is C15H19NO. The highest BCUT2D eigenvalue weighted by atomic mass is 16.3. The summed E-state index contributed by atoms with van der Waals surface area (Å²) in [6, 6.07) is 13.0. The fourth-order valence-corrected chi connectivity index (χ4v) is 2.03. The summed E-state index contributed by atoms with van der Waals surface area (Å²) in [4.78, 5) is 0. The fourth-order valence-electron chi connectivity index (χ4n) is 2.03. The first kappa shape index (κ1) is 11.9. The zero-order valence-corrected chi connectivity index (χ0v) is 10.6. The minimum absolute atomic E-state index is 0.223. The van der Waals surface area contributed by atoms with Gasteiger partial charge in [0.2, 0.25) is 0 Å². The van der Waals surface area contributed by atoms with Crippen molar-refractivity contribution in [3.63, 3.8) is 0 Å². The maximum atomic E-state index is 5.39. The predicted molar refractivity (Wildman–Crippen MR) is 69.9 cm³/mol. The van der Waals surface area contributed by atoms with Crippen LogP contribution in [0.5, 0.6) is 0 Å². The molecule has 1 unspecified atom stereocenters. The zero-order chi connectivity index (χ0) is 12.3. The van der Waals surface area contributed by atoms with Crippen LogP contribution < -0.4 is 5.32 Å². The zero-order valence-electron chi connectivity index (χ0n) is 10.6. The highest BCUT2D eigenvalue weighted by Crippen LogP contribution is 2.20. The van der Waals surface area contributed by atoms with Gasteiger partial charge in [-0.2, -0.15) is 0 Å². The molecule has 0 radical (unpaired) electrons. The Morgan fingerprint density at radius 3 is 2.53 bits per heavy atom. The molecule has 0 amide bonds. The largest absolute Gasteiger partial charge is 0.468 e. The maximum Gasteiger partial charge on any atom is 0.120 e. The smallest absolute Gasteiger partial charge is 0.120 e. The first-order chi connectivity index (χ1) is 8.16. The van der Waals surface area contributed by atoms with Gasteiger partial charge in [0.1, 0.15) is 5.76 Å². The van der Waals surface area contributed by atoms with E-state index in [2.05, 4.69) is 50.4 Å². The summed E-state index contributed by atoms with van der Waals surface area (Å²) in [5.74, 6) is 0.976. The summed E-state index contributed by atoms with van der Waals surface area (Å²) in [6.07, 6.45) is 1.71. The Labute approximate surface area is 103 Å². The summed E-state index contributed by atoms with van der Waals surface area (Å²) in [6.45, 7) is 6.41. The van der Waals surface area contributed by atoms with Crippen LogP contribution in [0.2, 0.25) is 0 Å². The molecule has 2 heteroatoms. The van der Waals surface area contributed by atoms with E-state index >= 15 is 0 Å². The molecule has 2 atom stereocenters. The lowest BCUT2D eigenvalue weighted by Crippen LogP contribution is -2.22. The van der Waals surface area contributed by atoms with Crippen LogP contribution in [0.25, 0.3) is 0 Å². The predicted octanol–water partition coefficient (Wildman–Crippen LogP) is 4.00. The van der Waals surface area contributed by atoms with Gasteiger partial charge in [0, 0.05) is 6.04 Å².